The first-order valence-corrected chi connectivity index (χ1v) is 10.0. The van der Waals surface area contributed by atoms with Crippen molar-refractivity contribution in [2.24, 2.45) is 11.7 Å². The molecule has 1 fully saturated rings. The molecule has 3 aromatic carbocycles. The predicted molar refractivity (Wildman–Crippen MR) is 113 cm³/mol. The zero-order chi connectivity index (χ0) is 22.2. The first kappa shape index (κ1) is 20.7. The lowest BCUT2D eigenvalue weighted by Gasteiger charge is -2.38. The molecule has 0 radical (unpaired) electrons. The van der Waals surface area contributed by atoms with Crippen LogP contribution in [0.3, 0.4) is 0 Å². The van der Waals surface area contributed by atoms with Crippen molar-refractivity contribution >= 4 is 11.8 Å². The molecule has 4 nitrogen and oxygen atoms in total. The van der Waals surface area contributed by atoms with Crippen LogP contribution in [0.25, 0.3) is 0 Å². The average molecular weight is 420 g/mol. The summed E-state index contributed by atoms with van der Waals surface area (Å²) in [5, 5.41) is 3.08. The molecule has 3 aromatic rings. The molecule has 0 spiro atoms. The van der Waals surface area contributed by atoms with Crippen molar-refractivity contribution < 1.29 is 18.4 Å². The number of benzene rings is 3. The Morgan fingerprint density at radius 1 is 0.935 bits per heavy atom. The van der Waals surface area contributed by atoms with E-state index < -0.39 is 34.9 Å². The van der Waals surface area contributed by atoms with E-state index in [0.717, 1.165) is 11.1 Å². The number of amides is 2. The van der Waals surface area contributed by atoms with Crippen molar-refractivity contribution in [1.29, 1.82) is 0 Å². The van der Waals surface area contributed by atoms with E-state index >= 15 is 0 Å². The summed E-state index contributed by atoms with van der Waals surface area (Å²) in [7, 11) is 0. The molecule has 1 saturated heterocycles. The fourth-order valence-corrected chi connectivity index (χ4v) is 4.73. The number of halogens is 2. The lowest BCUT2D eigenvalue weighted by atomic mass is 9.67. The maximum Gasteiger partial charge on any atom is 0.225 e. The Hall–Kier alpha value is -3.54. The van der Waals surface area contributed by atoms with Crippen molar-refractivity contribution in [1.82, 2.24) is 5.32 Å². The van der Waals surface area contributed by atoms with E-state index in [9.17, 15) is 18.4 Å². The minimum absolute atomic E-state index is 0.144. The quantitative estimate of drug-likeness (QED) is 0.657. The normalized spacial score (nSPS) is 19.8. The molecule has 0 aromatic heterocycles. The summed E-state index contributed by atoms with van der Waals surface area (Å²) in [5.41, 5.74) is 7.43. The van der Waals surface area contributed by atoms with Gasteiger partial charge in [0.15, 0.2) is 0 Å². The van der Waals surface area contributed by atoms with E-state index in [-0.39, 0.29) is 12.3 Å². The summed E-state index contributed by atoms with van der Waals surface area (Å²) in [6.07, 6.45) is -0.144. The van der Waals surface area contributed by atoms with E-state index in [0.29, 0.717) is 11.1 Å². The summed E-state index contributed by atoms with van der Waals surface area (Å²) in [4.78, 5) is 25.1. The Bertz CT molecular complexity index is 1080. The molecule has 1 heterocycles. The molecule has 31 heavy (non-hydrogen) atoms. The first-order chi connectivity index (χ1) is 14.8. The van der Waals surface area contributed by atoms with Crippen molar-refractivity contribution in [3.63, 3.8) is 0 Å². The van der Waals surface area contributed by atoms with Gasteiger partial charge in [0.05, 0.1) is 11.5 Å². The molecule has 4 rings (SSSR count). The Morgan fingerprint density at radius 2 is 1.45 bits per heavy atom. The molecular formula is C25H22F2N2O2. The highest BCUT2D eigenvalue weighted by atomic mass is 19.1. The number of hydrogen-bond acceptors (Lipinski definition) is 2. The lowest BCUT2D eigenvalue weighted by Crippen LogP contribution is -2.43. The third kappa shape index (κ3) is 3.58. The van der Waals surface area contributed by atoms with Gasteiger partial charge < -0.3 is 11.1 Å². The average Bonchev–Trinajstić information content (AvgIpc) is 3.02. The molecule has 2 atom stereocenters. The Labute approximate surface area is 179 Å². The van der Waals surface area contributed by atoms with E-state index in [4.69, 9.17) is 5.73 Å². The number of rotatable bonds is 5. The number of nitrogens with one attached hydrogen (secondary N) is 1. The largest absolute Gasteiger partial charge is 0.370 e. The Morgan fingerprint density at radius 3 is 1.94 bits per heavy atom. The summed E-state index contributed by atoms with van der Waals surface area (Å²) < 4.78 is 27.5. The molecule has 1 aliphatic rings. The SMILES string of the molecule is Cc1ccccc1C1[C@H](CC(N)=O)C(=O)NC1(c1ccc(F)cc1)c1ccc(F)cc1. The smallest absolute Gasteiger partial charge is 0.225 e. The summed E-state index contributed by atoms with van der Waals surface area (Å²) in [5.74, 6) is -3.02. The topological polar surface area (TPSA) is 72.2 Å². The van der Waals surface area contributed by atoms with Crippen LogP contribution in [-0.4, -0.2) is 11.8 Å². The third-order valence-electron chi connectivity index (χ3n) is 6.07. The first-order valence-electron chi connectivity index (χ1n) is 10.0. The van der Waals surface area contributed by atoms with Gasteiger partial charge in [0.25, 0.3) is 0 Å². The van der Waals surface area contributed by atoms with Crippen LogP contribution in [0.1, 0.15) is 34.6 Å². The number of primary amides is 1. The molecule has 6 heteroatoms. The zero-order valence-corrected chi connectivity index (χ0v) is 16.9. The maximum absolute atomic E-state index is 13.8. The highest BCUT2D eigenvalue weighted by Gasteiger charge is 2.56. The number of nitrogens with two attached hydrogens (primary N) is 1. The number of carbonyl (C=O) groups excluding carboxylic acids is 2. The lowest BCUT2D eigenvalue weighted by molar-refractivity contribution is -0.127. The Kier molecular flexibility index (Phi) is 5.31. The van der Waals surface area contributed by atoms with Gasteiger partial charge in [-0.25, -0.2) is 8.78 Å². The third-order valence-corrected chi connectivity index (χ3v) is 6.07. The van der Waals surface area contributed by atoms with E-state index in [1.165, 1.54) is 24.3 Å². The number of carbonyl (C=O) groups is 2. The van der Waals surface area contributed by atoms with Crippen LogP contribution < -0.4 is 11.1 Å². The van der Waals surface area contributed by atoms with Crippen LogP contribution in [0.5, 0.6) is 0 Å². The maximum atomic E-state index is 13.8. The standard InChI is InChI=1S/C25H22F2N2O2/c1-15-4-2-3-5-20(15)23-21(14-22(28)30)24(31)29-25(23,16-6-10-18(26)11-7-16)17-8-12-19(27)13-9-17/h2-13,21,23H,14H2,1H3,(H2,28,30)(H,29,31)/t21-,23?/m0/s1. The van der Waals surface area contributed by atoms with Crippen LogP contribution in [0.15, 0.2) is 72.8 Å². The number of aryl methyl sites for hydroxylation is 1. The number of hydrogen-bond donors (Lipinski definition) is 2. The van der Waals surface area contributed by atoms with Crippen LogP contribution in [-0.2, 0) is 15.1 Å². The summed E-state index contributed by atoms with van der Waals surface area (Å²) >= 11 is 0. The molecule has 158 valence electrons. The monoisotopic (exact) mass is 420 g/mol. The van der Waals surface area contributed by atoms with Crippen LogP contribution >= 0.6 is 0 Å². The van der Waals surface area contributed by atoms with Crippen molar-refractivity contribution in [3.8, 4) is 0 Å². The van der Waals surface area contributed by atoms with Gasteiger partial charge in [-0.3, -0.25) is 9.59 Å². The molecule has 0 aliphatic carbocycles. The zero-order valence-electron chi connectivity index (χ0n) is 16.9. The van der Waals surface area contributed by atoms with Gasteiger partial charge in [0.2, 0.25) is 11.8 Å². The molecule has 1 unspecified atom stereocenters. The Balaban J connectivity index is 2.04. The molecule has 0 bridgehead atoms. The molecular weight excluding hydrogens is 398 g/mol. The van der Waals surface area contributed by atoms with Gasteiger partial charge in [0.1, 0.15) is 11.6 Å². The molecule has 1 aliphatic heterocycles. The fraction of sp³-hybridized carbons (Fsp3) is 0.200. The second-order valence-corrected chi connectivity index (χ2v) is 7.92. The van der Waals surface area contributed by atoms with Gasteiger partial charge in [-0.15, -0.1) is 0 Å². The highest BCUT2D eigenvalue weighted by molar-refractivity contribution is 5.90. The molecule has 3 N–H and O–H groups in total. The van der Waals surface area contributed by atoms with Crippen molar-refractivity contribution in [3.05, 3.63) is 107 Å². The van der Waals surface area contributed by atoms with E-state index in [1.54, 1.807) is 24.3 Å². The van der Waals surface area contributed by atoms with Gasteiger partial charge in [-0.05, 0) is 53.4 Å². The van der Waals surface area contributed by atoms with Gasteiger partial charge in [-0.1, -0.05) is 48.5 Å². The van der Waals surface area contributed by atoms with Gasteiger partial charge in [0, 0.05) is 12.3 Å². The summed E-state index contributed by atoms with van der Waals surface area (Å²) in [6.45, 7) is 1.93. The van der Waals surface area contributed by atoms with Crippen LogP contribution in [0.2, 0.25) is 0 Å². The second kappa shape index (κ2) is 7.95. The molecule has 2 amide bonds. The second-order valence-electron chi connectivity index (χ2n) is 7.92. The van der Waals surface area contributed by atoms with Crippen LogP contribution in [0.4, 0.5) is 8.78 Å². The predicted octanol–water partition coefficient (Wildman–Crippen LogP) is 3.92. The van der Waals surface area contributed by atoms with Crippen LogP contribution in [0, 0.1) is 24.5 Å². The van der Waals surface area contributed by atoms with Crippen molar-refractivity contribution in [2.45, 2.75) is 24.8 Å². The van der Waals surface area contributed by atoms with E-state index in [2.05, 4.69) is 5.32 Å². The van der Waals surface area contributed by atoms with Gasteiger partial charge in [-0.2, -0.15) is 0 Å². The van der Waals surface area contributed by atoms with Gasteiger partial charge >= 0.3 is 0 Å². The van der Waals surface area contributed by atoms with Crippen molar-refractivity contribution in [2.75, 3.05) is 0 Å². The summed E-state index contributed by atoms with van der Waals surface area (Å²) in [6, 6.07) is 19.3. The minimum Gasteiger partial charge on any atom is -0.370 e. The highest BCUT2D eigenvalue weighted by Crippen LogP contribution is 2.52. The fourth-order valence-electron chi connectivity index (χ4n) is 4.73. The minimum atomic E-state index is -1.13. The van der Waals surface area contributed by atoms with E-state index in [1.807, 2.05) is 31.2 Å². The molecule has 0 saturated carbocycles.